The van der Waals surface area contributed by atoms with Crippen LogP contribution >= 0.6 is 0 Å². The second-order valence-electron chi connectivity index (χ2n) is 7.67. The van der Waals surface area contributed by atoms with Crippen LogP contribution in [0.25, 0.3) is 0 Å². The van der Waals surface area contributed by atoms with Crippen molar-refractivity contribution >= 4 is 0 Å². The van der Waals surface area contributed by atoms with Gasteiger partial charge in [-0.15, -0.1) is 5.10 Å². The number of rotatable bonds is 8. The molecule has 134 valence electrons. The van der Waals surface area contributed by atoms with Gasteiger partial charge in [0.2, 0.25) is 0 Å². The van der Waals surface area contributed by atoms with Gasteiger partial charge in [0.15, 0.2) is 0 Å². The average Bonchev–Trinajstić information content (AvgIpc) is 3.37. The lowest BCUT2D eigenvalue weighted by atomic mass is 9.80. The molecule has 0 spiro atoms. The first-order valence-electron chi connectivity index (χ1n) is 9.63. The molecule has 2 aliphatic rings. The molecular formula is C20H27FN4. The van der Waals surface area contributed by atoms with E-state index >= 15 is 0 Å². The van der Waals surface area contributed by atoms with Crippen LogP contribution in [0.15, 0.2) is 36.7 Å². The van der Waals surface area contributed by atoms with Gasteiger partial charge in [-0.25, -0.2) is 4.39 Å². The number of benzene rings is 1. The molecule has 2 saturated carbocycles. The van der Waals surface area contributed by atoms with Gasteiger partial charge in [-0.1, -0.05) is 29.8 Å². The molecule has 4 rings (SSSR count). The van der Waals surface area contributed by atoms with Crippen molar-refractivity contribution in [1.29, 1.82) is 0 Å². The van der Waals surface area contributed by atoms with Crippen LogP contribution in [0.4, 0.5) is 4.39 Å². The third-order valence-electron chi connectivity index (χ3n) is 6.11. The second kappa shape index (κ2) is 7.65. The minimum atomic E-state index is -0.0645. The van der Waals surface area contributed by atoms with Gasteiger partial charge in [0, 0.05) is 24.3 Å². The molecule has 2 aromatic rings. The highest BCUT2D eigenvalue weighted by atomic mass is 19.1. The maximum absolute atomic E-state index is 14.4. The number of nitrogens with zero attached hydrogens (tertiary/aromatic N) is 3. The summed E-state index contributed by atoms with van der Waals surface area (Å²) in [6.07, 6.45) is 11.0. The van der Waals surface area contributed by atoms with E-state index in [2.05, 4.69) is 15.6 Å². The Bertz CT molecular complexity index is 672. The topological polar surface area (TPSA) is 42.7 Å². The van der Waals surface area contributed by atoms with Crippen LogP contribution in [-0.4, -0.2) is 21.5 Å². The summed E-state index contributed by atoms with van der Waals surface area (Å²) >= 11 is 0. The van der Waals surface area contributed by atoms with Crippen molar-refractivity contribution in [2.24, 2.45) is 17.8 Å². The van der Waals surface area contributed by atoms with Gasteiger partial charge >= 0.3 is 0 Å². The molecule has 4 nitrogen and oxygen atoms in total. The third-order valence-corrected chi connectivity index (χ3v) is 6.11. The summed E-state index contributed by atoms with van der Waals surface area (Å²) in [5, 5.41) is 11.5. The molecular weight excluding hydrogens is 315 g/mol. The first-order valence-corrected chi connectivity index (χ1v) is 9.63. The Kier molecular flexibility index (Phi) is 5.11. The van der Waals surface area contributed by atoms with E-state index in [0.717, 1.165) is 43.3 Å². The summed E-state index contributed by atoms with van der Waals surface area (Å²) in [5.41, 5.74) is 0.858. The van der Waals surface area contributed by atoms with Crippen LogP contribution in [0.2, 0.25) is 0 Å². The lowest BCUT2D eigenvalue weighted by Crippen LogP contribution is -2.33. The lowest BCUT2D eigenvalue weighted by molar-refractivity contribution is 0.245. The van der Waals surface area contributed by atoms with E-state index < -0.39 is 0 Å². The normalized spacial score (nSPS) is 26.2. The first-order chi connectivity index (χ1) is 12.3. The summed E-state index contributed by atoms with van der Waals surface area (Å²) in [7, 11) is 0. The highest BCUT2D eigenvalue weighted by Crippen LogP contribution is 2.52. The van der Waals surface area contributed by atoms with Crippen LogP contribution in [0.1, 0.15) is 50.1 Å². The van der Waals surface area contributed by atoms with Crippen molar-refractivity contribution in [2.75, 3.05) is 6.54 Å². The van der Waals surface area contributed by atoms with E-state index in [1.54, 1.807) is 18.3 Å². The number of fused-ring (bicyclic) bond motifs is 2. The fourth-order valence-corrected chi connectivity index (χ4v) is 4.93. The molecule has 5 heteroatoms. The van der Waals surface area contributed by atoms with Crippen molar-refractivity contribution in [3.05, 3.63) is 48.0 Å². The zero-order valence-electron chi connectivity index (χ0n) is 14.6. The molecule has 4 atom stereocenters. The largest absolute Gasteiger partial charge is 0.310 e. The van der Waals surface area contributed by atoms with Crippen LogP contribution < -0.4 is 5.32 Å². The molecule has 0 unspecified atom stereocenters. The van der Waals surface area contributed by atoms with E-state index in [0.29, 0.717) is 5.92 Å². The molecule has 1 heterocycles. The van der Waals surface area contributed by atoms with E-state index in [9.17, 15) is 4.39 Å². The van der Waals surface area contributed by atoms with Crippen LogP contribution in [0, 0.1) is 23.6 Å². The smallest absolute Gasteiger partial charge is 0.127 e. The zero-order valence-corrected chi connectivity index (χ0v) is 14.6. The third kappa shape index (κ3) is 3.76. The summed E-state index contributed by atoms with van der Waals surface area (Å²) in [6.45, 7) is 1.81. The van der Waals surface area contributed by atoms with Gasteiger partial charge in [-0.3, -0.25) is 4.68 Å². The molecule has 25 heavy (non-hydrogen) atoms. The summed E-state index contributed by atoms with van der Waals surface area (Å²) in [6, 6.07) is 7.47. The number of halogens is 1. The van der Waals surface area contributed by atoms with Gasteiger partial charge in [0.25, 0.3) is 0 Å². The van der Waals surface area contributed by atoms with Crippen molar-refractivity contribution in [3.63, 3.8) is 0 Å². The Balaban J connectivity index is 1.37. The number of hydrogen-bond donors (Lipinski definition) is 1. The number of aryl methyl sites for hydroxylation is 1. The van der Waals surface area contributed by atoms with Gasteiger partial charge in [0.05, 0.1) is 6.20 Å². The minimum Gasteiger partial charge on any atom is -0.310 e. The molecule has 0 saturated heterocycles. The highest BCUT2D eigenvalue weighted by Gasteiger charge is 2.43. The fourth-order valence-electron chi connectivity index (χ4n) is 4.93. The standard InChI is InChI=1S/C20H27FN4/c21-19-6-2-1-5-17(19)20(18-14-15-7-8-16(18)13-15)22-9-3-4-11-25-12-10-23-24-25/h1-2,5-6,10,12,15-16,18,20,22H,3-4,7-9,11,13-14H2/t15-,16-,18+,20+/m0/s1. The number of unbranched alkanes of at least 4 members (excludes halogenated alkanes) is 1. The van der Waals surface area contributed by atoms with Crippen molar-refractivity contribution < 1.29 is 4.39 Å². The number of aromatic nitrogens is 3. The molecule has 0 aliphatic heterocycles. The number of nitrogens with one attached hydrogen (secondary N) is 1. The molecule has 1 aromatic heterocycles. The van der Waals surface area contributed by atoms with Crippen LogP contribution in [0.3, 0.4) is 0 Å². The van der Waals surface area contributed by atoms with Crippen LogP contribution in [-0.2, 0) is 6.54 Å². The average molecular weight is 342 g/mol. The van der Waals surface area contributed by atoms with Gasteiger partial charge in [0.1, 0.15) is 5.82 Å². The first kappa shape index (κ1) is 16.7. The predicted molar refractivity (Wildman–Crippen MR) is 95.3 cm³/mol. The minimum absolute atomic E-state index is 0.0645. The summed E-state index contributed by atoms with van der Waals surface area (Å²) in [5.74, 6) is 2.17. The van der Waals surface area contributed by atoms with Gasteiger partial charge < -0.3 is 5.32 Å². The van der Waals surface area contributed by atoms with Crippen molar-refractivity contribution in [2.45, 2.75) is 51.1 Å². The zero-order chi connectivity index (χ0) is 17.1. The Morgan fingerprint density at radius 3 is 2.84 bits per heavy atom. The lowest BCUT2D eigenvalue weighted by Gasteiger charge is -2.32. The van der Waals surface area contributed by atoms with Crippen molar-refractivity contribution in [3.8, 4) is 0 Å². The molecule has 1 N–H and O–H groups in total. The SMILES string of the molecule is Fc1ccccc1[C@@H](NCCCCn1ccnn1)[C@@H]1C[C@H]2CC[C@H]1C2. The summed E-state index contributed by atoms with van der Waals surface area (Å²) in [4.78, 5) is 0. The van der Waals surface area contributed by atoms with E-state index in [4.69, 9.17) is 0 Å². The number of hydrogen-bond acceptors (Lipinski definition) is 3. The molecule has 2 bridgehead atoms. The maximum atomic E-state index is 14.4. The van der Waals surface area contributed by atoms with Gasteiger partial charge in [-0.2, -0.15) is 0 Å². The van der Waals surface area contributed by atoms with E-state index in [1.807, 2.05) is 23.0 Å². The van der Waals surface area contributed by atoms with E-state index in [1.165, 1.54) is 25.7 Å². The second-order valence-corrected chi connectivity index (χ2v) is 7.67. The Morgan fingerprint density at radius 2 is 2.12 bits per heavy atom. The monoisotopic (exact) mass is 342 g/mol. The molecule has 0 amide bonds. The Hall–Kier alpha value is -1.75. The Morgan fingerprint density at radius 1 is 1.20 bits per heavy atom. The Labute approximate surface area is 148 Å². The van der Waals surface area contributed by atoms with Crippen LogP contribution in [0.5, 0.6) is 0 Å². The molecule has 0 radical (unpaired) electrons. The maximum Gasteiger partial charge on any atom is 0.127 e. The predicted octanol–water partition coefficient (Wildman–Crippen LogP) is 3.96. The summed E-state index contributed by atoms with van der Waals surface area (Å²) < 4.78 is 16.3. The molecule has 1 aromatic carbocycles. The molecule has 2 fully saturated rings. The molecule has 2 aliphatic carbocycles. The van der Waals surface area contributed by atoms with Gasteiger partial charge in [-0.05, 0) is 62.5 Å². The van der Waals surface area contributed by atoms with Crippen molar-refractivity contribution in [1.82, 2.24) is 20.3 Å². The quantitative estimate of drug-likeness (QED) is 0.738. The van der Waals surface area contributed by atoms with E-state index in [-0.39, 0.29) is 11.9 Å². The highest BCUT2D eigenvalue weighted by molar-refractivity contribution is 5.23. The fraction of sp³-hybridized carbons (Fsp3) is 0.600.